The Morgan fingerprint density at radius 3 is 2.70 bits per heavy atom. The van der Waals surface area contributed by atoms with E-state index < -0.39 is 5.82 Å². The SMILES string of the molecule is C=C/C(=C\C(=C)Cl)C(=N)c1c(N)ncnc1NCc1cc2cccc(C)c2c(=O)n1-c1ccccc1F. The lowest BCUT2D eigenvalue weighted by Gasteiger charge is -2.18. The summed E-state index contributed by atoms with van der Waals surface area (Å²) in [6.07, 6.45) is 4.20. The number of nitrogen functional groups attached to an aromatic ring is 1. The van der Waals surface area contributed by atoms with Gasteiger partial charge in [-0.1, -0.05) is 61.2 Å². The molecule has 37 heavy (non-hydrogen) atoms. The average Bonchev–Trinajstić information content (AvgIpc) is 2.86. The normalized spacial score (nSPS) is 11.4. The van der Waals surface area contributed by atoms with Crippen LogP contribution < -0.4 is 16.6 Å². The number of aromatic nitrogens is 3. The summed E-state index contributed by atoms with van der Waals surface area (Å²) in [5.74, 6) is -0.215. The molecule has 4 rings (SSSR count). The molecule has 0 unspecified atom stereocenters. The molecule has 0 saturated carbocycles. The average molecular weight is 515 g/mol. The van der Waals surface area contributed by atoms with E-state index >= 15 is 0 Å². The highest BCUT2D eigenvalue weighted by atomic mass is 35.5. The Kier molecular flexibility index (Phi) is 7.31. The van der Waals surface area contributed by atoms with E-state index in [0.29, 0.717) is 16.7 Å². The Balaban J connectivity index is 1.85. The topological polar surface area (TPSA) is 110 Å². The number of nitrogens with one attached hydrogen (secondary N) is 2. The van der Waals surface area contributed by atoms with Crippen LogP contribution in [-0.4, -0.2) is 20.2 Å². The Morgan fingerprint density at radius 1 is 1.24 bits per heavy atom. The number of para-hydroxylation sites is 1. The lowest BCUT2D eigenvalue weighted by Crippen LogP contribution is -2.25. The Bertz CT molecular complexity index is 1660. The summed E-state index contributed by atoms with van der Waals surface area (Å²) in [6.45, 7) is 9.27. The summed E-state index contributed by atoms with van der Waals surface area (Å²) in [5.41, 5.74) is 7.75. The van der Waals surface area contributed by atoms with Gasteiger partial charge in [0.15, 0.2) is 0 Å². The lowest BCUT2D eigenvalue weighted by molar-refractivity contribution is 0.614. The molecule has 0 aliphatic heterocycles. The van der Waals surface area contributed by atoms with Crippen molar-refractivity contribution in [1.82, 2.24) is 14.5 Å². The molecule has 4 aromatic rings. The van der Waals surface area contributed by atoms with Gasteiger partial charge in [-0.15, -0.1) is 0 Å². The maximum absolute atomic E-state index is 14.9. The molecule has 0 aliphatic carbocycles. The van der Waals surface area contributed by atoms with Crippen LogP contribution in [0.2, 0.25) is 0 Å². The second-order valence-corrected chi connectivity index (χ2v) is 8.71. The maximum atomic E-state index is 14.9. The molecule has 0 amide bonds. The number of aryl methyl sites for hydroxylation is 1. The van der Waals surface area contributed by atoms with E-state index in [4.69, 9.17) is 22.7 Å². The van der Waals surface area contributed by atoms with Gasteiger partial charge in [-0.05, 0) is 42.1 Å². The highest BCUT2D eigenvalue weighted by Gasteiger charge is 2.19. The summed E-state index contributed by atoms with van der Waals surface area (Å²) in [5, 5.41) is 13.3. The fourth-order valence-corrected chi connectivity index (χ4v) is 4.23. The zero-order valence-electron chi connectivity index (χ0n) is 20.1. The third-order valence-corrected chi connectivity index (χ3v) is 5.92. The summed E-state index contributed by atoms with van der Waals surface area (Å²) >= 11 is 5.91. The van der Waals surface area contributed by atoms with E-state index in [1.807, 2.05) is 31.2 Å². The van der Waals surface area contributed by atoms with E-state index in [0.717, 1.165) is 10.9 Å². The number of hydrogen-bond acceptors (Lipinski definition) is 6. The molecule has 0 spiro atoms. The number of halogens is 2. The predicted molar refractivity (Wildman–Crippen MR) is 148 cm³/mol. The van der Waals surface area contributed by atoms with Crippen molar-refractivity contribution in [2.24, 2.45) is 0 Å². The van der Waals surface area contributed by atoms with Gasteiger partial charge in [-0.25, -0.2) is 14.4 Å². The molecule has 2 aromatic heterocycles. The molecule has 7 nitrogen and oxygen atoms in total. The van der Waals surface area contributed by atoms with E-state index in [1.54, 1.807) is 18.2 Å². The maximum Gasteiger partial charge on any atom is 0.263 e. The van der Waals surface area contributed by atoms with Crippen LogP contribution >= 0.6 is 11.6 Å². The van der Waals surface area contributed by atoms with Crippen LogP contribution in [0.1, 0.15) is 16.8 Å². The van der Waals surface area contributed by atoms with Crippen LogP contribution in [0.3, 0.4) is 0 Å². The Labute approximate surface area is 218 Å². The van der Waals surface area contributed by atoms with Crippen molar-refractivity contribution in [2.75, 3.05) is 11.1 Å². The first-order chi connectivity index (χ1) is 17.7. The summed E-state index contributed by atoms with van der Waals surface area (Å²) in [7, 11) is 0. The zero-order valence-corrected chi connectivity index (χ0v) is 20.8. The lowest BCUT2D eigenvalue weighted by atomic mass is 10.0. The van der Waals surface area contributed by atoms with Crippen LogP contribution in [0.5, 0.6) is 0 Å². The van der Waals surface area contributed by atoms with Gasteiger partial charge in [-0.3, -0.25) is 14.8 Å². The van der Waals surface area contributed by atoms with Crippen molar-refractivity contribution in [2.45, 2.75) is 13.5 Å². The van der Waals surface area contributed by atoms with Crippen LogP contribution in [0, 0.1) is 18.2 Å². The number of nitrogens with two attached hydrogens (primary N) is 1. The number of allylic oxidation sites excluding steroid dienone is 4. The van der Waals surface area contributed by atoms with E-state index in [-0.39, 0.29) is 45.7 Å². The molecule has 4 N–H and O–H groups in total. The number of rotatable bonds is 8. The van der Waals surface area contributed by atoms with E-state index in [9.17, 15) is 9.18 Å². The highest BCUT2D eigenvalue weighted by Crippen LogP contribution is 2.25. The Hall–Kier alpha value is -4.56. The molecule has 0 atom stereocenters. The zero-order chi connectivity index (χ0) is 26.7. The third kappa shape index (κ3) is 5.05. The van der Waals surface area contributed by atoms with Gasteiger partial charge in [-0.2, -0.15) is 0 Å². The van der Waals surface area contributed by atoms with Crippen LogP contribution in [0.15, 0.2) is 95.6 Å². The highest BCUT2D eigenvalue weighted by molar-refractivity contribution is 6.31. The monoisotopic (exact) mass is 514 g/mol. The van der Waals surface area contributed by atoms with Crippen molar-refractivity contribution >= 4 is 39.7 Å². The first kappa shape index (κ1) is 25.5. The van der Waals surface area contributed by atoms with Crippen molar-refractivity contribution < 1.29 is 4.39 Å². The minimum atomic E-state index is -0.533. The number of nitrogens with zero attached hydrogens (tertiary/aromatic N) is 3. The largest absolute Gasteiger partial charge is 0.383 e. The van der Waals surface area contributed by atoms with Gasteiger partial charge in [0.05, 0.1) is 28.9 Å². The third-order valence-electron chi connectivity index (χ3n) is 5.81. The molecular formula is C28H24ClFN6O. The van der Waals surface area contributed by atoms with E-state index in [1.165, 1.54) is 29.1 Å². The molecule has 2 heterocycles. The first-order valence-electron chi connectivity index (χ1n) is 11.2. The predicted octanol–water partition coefficient (Wildman–Crippen LogP) is 5.66. The molecule has 0 bridgehead atoms. The fourth-order valence-electron chi connectivity index (χ4n) is 4.12. The second kappa shape index (κ2) is 10.6. The van der Waals surface area contributed by atoms with E-state index in [2.05, 4.69) is 28.4 Å². The van der Waals surface area contributed by atoms with Crippen LogP contribution in [-0.2, 0) is 6.54 Å². The van der Waals surface area contributed by atoms with Crippen molar-refractivity contribution in [3.8, 4) is 5.69 Å². The molecule has 2 aromatic carbocycles. The molecule has 0 fully saturated rings. The molecule has 186 valence electrons. The standard InChI is InChI=1S/C28H24ClFN6O/c1-4-18(12-17(3)29)25(31)24-26(32)34-15-35-27(24)33-14-20-13-19-9-7-8-16(2)23(19)28(37)36(20)22-11-6-5-10-21(22)30/h4-13,15,31H,1,3,14H2,2H3,(H3,32,33,34,35)/b18-12+,31-25?. The summed E-state index contributed by atoms with van der Waals surface area (Å²) < 4.78 is 16.2. The number of benzene rings is 2. The van der Waals surface area contributed by atoms with Gasteiger partial charge >= 0.3 is 0 Å². The molecule has 0 saturated heterocycles. The van der Waals surface area contributed by atoms with Crippen LogP contribution in [0.25, 0.3) is 16.5 Å². The molecule has 9 heteroatoms. The van der Waals surface area contributed by atoms with Crippen molar-refractivity contribution in [3.63, 3.8) is 0 Å². The van der Waals surface area contributed by atoms with Gasteiger partial charge in [0.2, 0.25) is 0 Å². The van der Waals surface area contributed by atoms with Crippen molar-refractivity contribution in [3.05, 3.63) is 124 Å². The Morgan fingerprint density at radius 2 is 2.00 bits per heavy atom. The minimum absolute atomic E-state index is 0.0157. The number of anilines is 2. The first-order valence-corrected chi connectivity index (χ1v) is 11.6. The fraction of sp³-hybridized carbons (Fsp3) is 0.0714. The van der Waals surface area contributed by atoms with Gasteiger partial charge in [0.25, 0.3) is 5.56 Å². The molecule has 0 aliphatic rings. The van der Waals surface area contributed by atoms with Crippen molar-refractivity contribution in [1.29, 1.82) is 5.41 Å². The summed E-state index contributed by atoms with van der Waals surface area (Å²) in [6, 6.07) is 13.5. The van der Waals surface area contributed by atoms with Crippen LogP contribution in [0.4, 0.5) is 16.0 Å². The number of pyridine rings is 1. The minimum Gasteiger partial charge on any atom is -0.383 e. The van der Waals surface area contributed by atoms with Gasteiger partial charge in [0.1, 0.15) is 23.8 Å². The summed E-state index contributed by atoms with van der Waals surface area (Å²) in [4.78, 5) is 21.9. The van der Waals surface area contributed by atoms with Gasteiger partial charge in [0, 0.05) is 16.3 Å². The smallest absolute Gasteiger partial charge is 0.263 e. The second-order valence-electron chi connectivity index (χ2n) is 8.23. The molecular weight excluding hydrogens is 491 g/mol. The molecule has 0 radical (unpaired) electrons. The number of fused-ring (bicyclic) bond motifs is 1. The van der Waals surface area contributed by atoms with Gasteiger partial charge < -0.3 is 11.1 Å². The quantitative estimate of drug-likeness (QED) is 0.208. The number of hydrogen-bond donors (Lipinski definition) is 3.